The summed E-state index contributed by atoms with van der Waals surface area (Å²) in [6.07, 6.45) is 1.57. The van der Waals surface area contributed by atoms with Gasteiger partial charge in [0, 0.05) is 18.3 Å². The Morgan fingerprint density at radius 2 is 1.86 bits per heavy atom. The third-order valence-electron chi connectivity index (χ3n) is 3.21. The van der Waals surface area contributed by atoms with Crippen molar-refractivity contribution < 1.29 is 14.5 Å². The average molecular weight is 283 g/mol. The minimum Gasteiger partial charge on any atom is -0.269 e. The molecule has 1 aromatic carbocycles. The van der Waals surface area contributed by atoms with E-state index in [0.717, 1.165) is 11.0 Å². The van der Waals surface area contributed by atoms with Crippen LogP contribution in [-0.4, -0.2) is 26.6 Å². The molecule has 1 aliphatic heterocycles. The highest BCUT2D eigenvalue weighted by Gasteiger charge is 2.36. The van der Waals surface area contributed by atoms with Crippen molar-refractivity contribution >= 4 is 17.5 Å². The number of hydrogen-bond acceptors (Lipinski definition) is 5. The van der Waals surface area contributed by atoms with Crippen molar-refractivity contribution in [2.75, 3.05) is 0 Å². The first-order valence-electron chi connectivity index (χ1n) is 6.12. The molecule has 0 bridgehead atoms. The second-order valence-corrected chi connectivity index (χ2v) is 4.50. The molecule has 0 unspecified atom stereocenters. The Labute approximate surface area is 119 Å². The lowest BCUT2D eigenvalue weighted by atomic mass is 10.1. The van der Waals surface area contributed by atoms with Crippen molar-refractivity contribution in [3.8, 4) is 0 Å². The quantitative estimate of drug-likeness (QED) is 0.486. The first-order chi connectivity index (χ1) is 10.1. The maximum Gasteiger partial charge on any atom is 0.270 e. The molecule has 0 saturated heterocycles. The number of nitrogens with zero attached hydrogens (tertiary/aromatic N) is 3. The number of non-ortho nitro benzene ring substituents is 1. The zero-order valence-corrected chi connectivity index (χ0v) is 10.7. The van der Waals surface area contributed by atoms with Crippen molar-refractivity contribution in [2.45, 2.75) is 6.54 Å². The second-order valence-electron chi connectivity index (χ2n) is 4.50. The fraction of sp³-hybridized carbons (Fsp3) is 0.0714. The molecular formula is C14H9N3O4. The van der Waals surface area contributed by atoms with Gasteiger partial charge in [-0.25, -0.2) is 0 Å². The van der Waals surface area contributed by atoms with Gasteiger partial charge in [0.25, 0.3) is 17.5 Å². The maximum atomic E-state index is 12.2. The molecular weight excluding hydrogens is 274 g/mol. The highest BCUT2D eigenvalue weighted by atomic mass is 16.6. The molecule has 0 atom stereocenters. The number of pyridine rings is 1. The van der Waals surface area contributed by atoms with Crippen LogP contribution in [0.2, 0.25) is 0 Å². The van der Waals surface area contributed by atoms with Gasteiger partial charge in [-0.05, 0) is 18.2 Å². The number of carbonyl (C=O) groups excluding carboxylic acids is 2. The number of nitro benzene ring substituents is 1. The summed E-state index contributed by atoms with van der Waals surface area (Å²) in [6, 6.07) is 8.85. The molecule has 0 aliphatic carbocycles. The van der Waals surface area contributed by atoms with Gasteiger partial charge >= 0.3 is 0 Å². The number of fused-ring (bicyclic) bond motifs is 1. The van der Waals surface area contributed by atoms with Gasteiger partial charge in [0.05, 0.1) is 28.3 Å². The van der Waals surface area contributed by atoms with Crippen LogP contribution in [0.15, 0.2) is 42.6 Å². The molecule has 1 aromatic heterocycles. The lowest BCUT2D eigenvalue weighted by molar-refractivity contribution is -0.384. The van der Waals surface area contributed by atoms with Gasteiger partial charge in [0.2, 0.25) is 0 Å². The van der Waals surface area contributed by atoms with Gasteiger partial charge < -0.3 is 0 Å². The van der Waals surface area contributed by atoms with Crippen LogP contribution in [0.25, 0.3) is 0 Å². The first-order valence-corrected chi connectivity index (χ1v) is 6.12. The van der Waals surface area contributed by atoms with E-state index in [2.05, 4.69) is 4.98 Å². The summed E-state index contributed by atoms with van der Waals surface area (Å²) in [5, 5.41) is 10.7. The number of rotatable bonds is 3. The summed E-state index contributed by atoms with van der Waals surface area (Å²) in [4.78, 5) is 39.7. The van der Waals surface area contributed by atoms with Crippen molar-refractivity contribution in [3.05, 3.63) is 69.5 Å². The zero-order chi connectivity index (χ0) is 15.0. The monoisotopic (exact) mass is 283 g/mol. The van der Waals surface area contributed by atoms with Crippen molar-refractivity contribution in [1.82, 2.24) is 9.88 Å². The third-order valence-corrected chi connectivity index (χ3v) is 3.21. The molecule has 0 radical (unpaired) electrons. The molecule has 0 spiro atoms. The standard InChI is InChI=1S/C14H9N3O4/c18-13-11-5-4-10(17(20)21)7-12(11)14(19)16(13)8-9-3-1-2-6-15-9/h1-7H,8H2. The van der Waals surface area contributed by atoms with E-state index in [1.807, 2.05) is 0 Å². The molecule has 2 heterocycles. The van der Waals surface area contributed by atoms with Crippen LogP contribution in [0.5, 0.6) is 0 Å². The smallest absolute Gasteiger partial charge is 0.269 e. The second kappa shape index (κ2) is 4.78. The normalized spacial score (nSPS) is 13.4. The van der Waals surface area contributed by atoms with E-state index in [9.17, 15) is 19.7 Å². The highest BCUT2D eigenvalue weighted by Crippen LogP contribution is 2.27. The van der Waals surface area contributed by atoms with Gasteiger partial charge in [-0.15, -0.1) is 0 Å². The summed E-state index contributed by atoms with van der Waals surface area (Å²) in [7, 11) is 0. The van der Waals surface area contributed by atoms with Crippen LogP contribution >= 0.6 is 0 Å². The molecule has 0 N–H and O–H groups in total. The van der Waals surface area contributed by atoms with Gasteiger partial charge in [0.1, 0.15) is 0 Å². The molecule has 2 aromatic rings. The number of aromatic nitrogens is 1. The summed E-state index contributed by atoms with van der Waals surface area (Å²) in [5.74, 6) is -1.00. The summed E-state index contributed by atoms with van der Waals surface area (Å²) >= 11 is 0. The van der Waals surface area contributed by atoms with Crippen molar-refractivity contribution in [3.63, 3.8) is 0 Å². The van der Waals surface area contributed by atoms with Gasteiger partial charge in [-0.1, -0.05) is 6.07 Å². The predicted octanol–water partition coefficient (Wildman–Crippen LogP) is 1.79. The van der Waals surface area contributed by atoms with Crippen molar-refractivity contribution in [1.29, 1.82) is 0 Å². The maximum absolute atomic E-state index is 12.2. The Hall–Kier alpha value is -3.09. The molecule has 1 aliphatic rings. The molecule has 104 valence electrons. The van der Waals surface area contributed by atoms with E-state index >= 15 is 0 Å². The predicted molar refractivity (Wildman–Crippen MR) is 71.5 cm³/mol. The van der Waals surface area contributed by atoms with Crippen LogP contribution in [0.4, 0.5) is 5.69 Å². The van der Waals surface area contributed by atoms with Crippen LogP contribution < -0.4 is 0 Å². The van der Waals surface area contributed by atoms with E-state index in [1.54, 1.807) is 24.4 Å². The van der Waals surface area contributed by atoms with Gasteiger partial charge in [-0.2, -0.15) is 0 Å². The van der Waals surface area contributed by atoms with Gasteiger partial charge in [0.15, 0.2) is 0 Å². The summed E-state index contributed by atoms with van der Waals surface area (Å²) in [5.41, 5.74) is 0.600. The number of imide groups is 1. The van der Waals surface area contributed by atoms with Crippen LogP contribution in [0.3, 0.4) is 0 Å². The summed E-state index contributed by atoms with van der Waals surface area (Å²) in [6.45, 7) is 0.0426. The fourth-order valence-corrected chi connectivity index (χ4v) is 2.19. The number of nitro groups is 1. The number of benzene rings is 1. The highest BCUT2D eigenvalue weighted by molar-refractivity contribution is 6.21. The zero-order valence-electron chi connectivity index (χ0n) is 10.7. The van der Waals surface area contributed by atoms with E-state index in [0.29, 0.717) is 5.69 Å². The van der Waals surface area contributed by atoms with Crippen LogP contribution in [0, 0.1) is 10.1 Å². The number of amides is 2. The SMILES string of the molecule is O=C1c2ccc([N+](=O)[O-])cc2C(=O)N1Cc1ccccn1. The molecule has 0 saturated carbocycles. The molecule has 7 nitrogen and oxygen atoms in total. The Morgan fingerprint density at radius 3 is 2.52 bits per heavy atom. The molecule has 21 heavy (non-hydrogen) atoms. The van der Waals surface area contributed by atoms with Crippen LogP contribution in [0.1, 0.15) is 26.4 Å². The number of carbonyl (C=O) groups is 2. The average Bonchev–Trinajstić information content (AvgIpc) is 2.73. The summed E-state index contributed by atoms with van der Waals surface area (Å²) < 4.78 is 0. The number of hydrogen-bond donors (Lipinski definition) is 0. The van der Waals surface area contributed by atoms with Crippen molar-refractivity contribution in [2.24, 2.45) is 0 Å². The lowest BCUT2D eigenvalue weighted by Gasteiger charge is -2.12. The van der Waals surface area contributed by atoms with E-state index < -0.39 is 16.7 Å². The van der Waals surface area contributed by atoms with E-state index in [1.165, 1.54) is 12.1 Å². The lowest BCUT2D eigenvalue weighted by Crippen LogP contribution is -2.29. The third kappa shape index (κ3) is 2.14. The molecule has 3 rings (SSSR count). The topological polar surface area (TPSA) is 93.4 Å². The van der Waals surface area contributed by atoms with Gasteiger partial charge in [-0.3, -0.25) is 29.6 Å². The Balaban J connectivity index is 1.95. The van der Waals surface area contributed by atoms with E-state index in [4.69, 9.17) is 0 Å². The molecule has 7 heteroatoms. The Kier molecular flexibility index (Phi) is 2.94. The first kappa shape index (κ1) is 12.9. The Bertz CT molecular complexity index is 758. The van der Waals surface area contributed by atoms with Crippen LogP contribution in [-0.2, 0) is 6.54 Å². The largest absolute Gasteiger partial charge is 0.270 e. The fourth-order valence-electron chi connectivity index (χ4n) is 2.19. The Morgan fingerprint density at radius 1 is 1.10 bits per heavy atom. The van der Waals surface area contributed by atoms with E-state index in [-0.39, 0.29) is 23.4 Å². The molecule has 0 fully saturated rings. The molecule has 2 amide bonds. The minimum absolute atomic E-state index is 0.0426. The minimum atomic E-state index is -0.598.